The average Bonchev–Trinajstić information content (AvgIpc) is 3.66. The molecule has 302 valence electrons. The molecule has 0 unspecified atom stereocenters. The van der Waals surface area contributed by atoms with E-state index >= 15 is 9.59 Å². The first kappa shape index (κ1) is 38.8. The van der Waals surface area contributed by atoms with Crippen LogP contribution in [0.1, 0.15) is 41.0 Å². The van der Waals surface area contributed by atoms with E-state index < -0.39 is 46.8 Å². The molecule has 11 heteroatoms. The molecular formula is C49H41ClN2O8. The molecule has 10 nitrogen and oxygen atoms in total. The van der Waals surface area contributed by atoms with Crippen LogP contribution in [-0.2, 0) is 24.6 Å². The molecule has 4 amide bonds. The van der Waals surface area contributed by atoms with Crippen LogP contribution in [0.25, 0.3) is 12.2 Å². The van der Waals surface area contributed by atoms with E-state index in [1.165, 1.54) is 29.0 Å². The van der Waals surface area contributed by atoms with Gasteiger partial charge in [0.25, 0.3) is 0 Å². The van der Waals surface area contributed by atoms with Crippen molar-refractivity contribution in [2.45, 2.75) is 24.2 Å². The van der Waals surface area contributed by atoms with Crippen molar-refractivity contribution in [2.75, 3.05) is 31.1 Å². The van der Waals surface area contributed by atoms with Crippen molar-refractivity contribution < 1.29 is 38.5 Å². The number of phenolic OH excluding ortho intramolecular Hbond substituents is 1. The Bertz CT molecular complexity index is 2620. The summed E-state index contributed by atoms with van der Waals surface area (Å²) >= 11 is 6.44. The monoisotopic (exact) mass is 820 g/mol. The number of nitrogens with zero attached hydrogens (tertiary/aromatic N) is 2. The van der Waals surface area contributed by atoms with Gasteiger partial charge in [-0.2, -0.15) is 0 Å². The second kappa shape index (κ2) is 15.2. The average molecular weight is 821 g/mol. The largest absolute Gasteiger partial charge is 0.508 e. The van der Waals surface area contributed by atoms with Crippen molar-refractivity contribution in [3.8, 4) is 23.0 Å². The van der Waals surface area contributed by atoms with Crippen molar-refractivity contribution in [2.24, 2.45) is 23.7 Å². The number of phenols is 1. The maximum absolute atomic E-state index is 15.5. The Morgan fingerprint density at radius 1 is 0.700 bits per heavy atom. The van der Waals surface area contributed by atoms with E-state index in [-0.39, 0.29) is 30.4 Å². The number of aromatic hydroxyl groups is 1. The number of fused-ring (bicyclic) bond motifs is 4. The third kappa shape index (κ3) is 6.00. The van der Waals surface area contributed by atoms with Crippen LogP contribution < -0.4 is 24.0 Å². The Hall–Kier alpha value is -6.65. The van der Waals surface area contributed by atoms with Crippen molar-refractivity contribution in [3.63, 3.8) is 0 Å². The van der Waals surface area contributed by atoms with Crippen LogP contribution >= 0.6 is 11.6 Å². The van der Waals surface area contributed by atoms with E-state index in [0.717, 1.165) is 16.7 Å². The highest BCUT2D eigenvalue weighted by Crippen LogP contribution is 2.65. The van der Waals surface area contributed by atoms with E-state index in [2.05, 4.69) is 0 Å². The number of carbonyl (C=O) groups excluding carboxylic acids is 4. The van der Waals surface area contributed by atoms with E-state index in [1.54, 1.807) is 56.7 Å². The first-order chi connectivity index (χ1) is 29.1. The Balaban J connectivity index is 1.13. The van der Waals surface area contributed by atoms with Gasteiger partial charge in [-0.15, -0.1) is 0 Å². The lowest BCUT2D eigenvalue weighted by Crippen LogP contribution is -2.53. The molecule has 3 fully saturated rings. The zero-order chi connectivity index (χ0) is 41.9. The predicted molar refractivity (Wildman–Crippen MR) is 228 cm³/mol. The molecule has 4 aliphatic rings. The molecule has 2 saturated heterocycles. The second-order valence-electron chi connectivity index (χ2n) is 15.6. The normalized spacial score (nSPS) is 24.6. The summed E-state index contributed by atoms with van der Waals surface area (Å²) in [6.45, 7) is 0. The highest BCUT2D eigenvalue weighted by molar-refractivity contribution is 6.32. The number of allylic oxidation sites excluding steroid dienone is 2. The van der Waals surface area contributed by atoms with Crippen LogP contribution in [0.15, 0.2) is 127 Å². The summed E-state index contributed by atoms with van der Waals surface area (Å²) in [5.41, 5.74) is 2.96. The minimum atomic E-state index is -1.48. The summed E-state index contributed by atoms with van der Waals surface area (Å²) < 4.78 is 16.8. The van der Waals surface area contributed by atoms with E-state index in [9.17, 15) is 14.7 Å². The van der Waals surface area contributed by atoms with E-state index in [0.29, 0.717) is 44.8 Å². The van der Waals surface area contributed by atoms with Crippen LogP contribution in [0, 0.1) is 23.7 Å². The third-order valence-corrected chi connectivity index (χ3v) is 13.0. The number of anilines is 2. The van der Waals surface area contributed by atoms with Gasteiger partial charge < -0.3 is 19.3 Å². The van der Waals surface area contributed by atoms with Gasteiger partial charge in [0.05, 0.1) is 55.9 Å². The highest BCUT2D eigenvalue weighted by atomic mass is 35.5. The van der Waals surface area contributed by atoms with Crippen LogP contribution in [0.2, 0.25) is 5.02 Å². The standard InChI is InChI=1S/C49H41ClN2O8/c1-58-35-19-23-41(59-2)29(24-35)15-12-28-13-16-32(17-14-28)51-45(54)38-22-21-36-39(43(38)47(51)56)27-40-46(55)52(33-11-7-10-31(50)25-33)48(57)49(40,30-8-5-4-6-9-30)44(36)37-20-18-34(53)26-42(37)60-3/h4-21,23-26,38-40,43-44,53H,22,27H2,1-3H3/t38-,39+,40-,43-,44+,49+/m0/s1. The van der Waals surface area contributed by atoms with Gasteiger partial charge in [0.1, 0.15) is 23.0 Å². The van der Waals surface area contributed by atoms with Crippen molar-refractivity contribution in [3.05, 3.63) is 154 Å². The van der Waals surface area contributed by atoms with Crippen LogP contribution in [0.3, 0.4) is 0 Å². The number of imide groups is 2. The SMILES string of the molecule is COc1ccc(OC)c(C=Cc2ccc(N3C(=O)[C@H]4[C@H](CC=C5[C@H]4C[C@H]4C(=O)N(c6cccc(Cl)c6)C(=O)[C@@]4(c4ccccc4)[C@H]5c4ccc(O)cc4OC)C3=O)cc2)c1. The lowest BCUT2D eigenvalue weighted by Gasteiger charge is -2.51. The highest BCUT2D eigenvalue weighted by Gasteiger charge is 2.70. The van der Waals surface area contributed by atoms with Gasteiger partial charge >= 0.3 is 0 Å². The summed E-state index contributed by atoms with van der Waals surface area (Å²) in [6, 6.07) is 33.4. The number of ether oxygens (including phenoxy) is 3. The summed E-state index contributed by atoms with van der Waals surface area (Å²) in [4.78, 5) is 62.3. The zero-order valence-corrected chi connectivity index (χ0v) is 33.8. The number of halogens is 1. The third-order valence-electron chi connectivity index (χ3n) is 12.7. The number of methoxy groups -OCH3 is 3. The summed E-state index contributed by atoms with van der Waals surface area (Å²) in [5.74, 6) is -3.63. The quantitative estimate of drug-likeness (QED) is 0.0892. The summed E-state index contributed by atoms with van der Waals surface area (Å²) in [7, 11) is 4.70. The van der Waals surface area contributed by atoms with Crippen molar-refractivity contribution in [1.29, 1.82) is 0 Å². The van der Waals surface area contributed by atoms with Gasteiger partial charge in [-0.25, -0.2) is 4.90 Å². The molecule has 0 radical (unpaired) electrons. The molecule has 2 aliphatic carbocycles. The Labute approximate surface area is 352 Å². The molecule has 5 aromatic rings. The van der Waals surface area contributed by atoms with Gasteiger partial charge in [0, 0.05) is 28.1 Å². The zero-order valence-electron chi connectivity index (χ0n) is 33.1. The van der Waals surface area contributed by atoms with Crippen molar-refractivity contribution >= 4 is 58.8 Å². The summed E-state index contributed by atoms with van der Waals surface area (Å²) in [5, 5.41) is 11.0. The maximum atomic E-state index is 15.5. The Morgan fingerprint density at radius 3 is 2.18 bits per heavy atom. The fraction of sp³-hybridized carbons (Fsp3) is 0.224. The first-order valence-corrected chi connectivity index (χ1v) is 20.1. The van der Waals surface area contributed by atoms with Gasteiger partial charge in [-0.1, -0.05) is 90.0 Å². The topological polar surface area (TPSA) is 123 Å². The fourth-order valence-corrected chi connectivity index (χ4v) is 10.4. The number of rotatable bonds is 9. The Morgan fingerprint density at radius 2 is 1.47 bits per heavy atom. The molecule has 60 heavy (non-hydrogen) atoms. The second-order valence-corrected chi connectivity index (χ2v) is 16.0. The lowest BCUT2D eigenvalue weighted by atomic mass is 9.49. The van der Waals surface area contributed by atoms with Gasteiger partial charge in [-0.3, -0.25) is 24.1 Å². The molecule has 0 bridgehead atoms. The smallest absolute Gasteiger partial charge is 0.246 e. The molecule has 2 aliphatic heterocycles. The molecule has 1 saturated carbocycles. The van der Waals surface area contributed by atoms with Crippen molar-refractivity contribution in [1.82, 2.24) is 0 Å². The Kier molecular flexibility index (Phi) is 9.83. The molecule has 5 aromatic carbocycles. The molecule has 0 spiro atoms. The fourth-order valence-electron chi connectivity index (χ4n) is 10.2. The number of amides is 4. The summed E-state index contributed by atoms with van der Waals surface area (Å²) in [6.07, 6.45) is 6.22. The van der Waals surface area contributed by atoms with E-state index in [1.807, 2.05) is 78.9 Å². The number of hydrogen-bond donors (Lipinski definition) is 1. The lowest BCUT2D eigenvalue weighted by molar-refractivity contribution is -0.127. The number of benzene rings is 5. The number of carbonyl (C=O) groups is 4. The van der Waals surface area contributed by atoms with Crippen LogP contribution in [-0.4, -0.2) is 50.1 Å². The molecule has 2 heterocycles. The number of hydrogen-bond acceptors (Lipinski definition) is 8. The molecule has 1 N–H and O–H groups in total. The van der Waals surface area contributed by atoms with Gasteiger partial charge in [-0.05, 0) is 84.5 Å². The minimum absolute atomic E-state index is 0.0333. The first-order valence-electron chi connectivity index (χ1n) is 19.7. The molecule has 0 aromatic heterocycles. The minimum Gasteiger partial charge on any atom is -0.508 e. The van der Waals surface area contributed by atoms with Gasteiger partial charge in [0.15, 0.2) is 0 Å². The van der Waals surface area contributed by atoms with E-state index in [4.69, 9.17) is 25.8 Å². The van der Waals surface area contributed by atoms with Gasteiger partial charge in [0.2, 0.25) is 23.6 Å². The molecule has 6 atom stereocenters. The van der Waals surface area contributed by atoms with Crippen LogP contribution in [0.4, 0.5) is 11.4 Å². The maximum Gasteiger partial charge on any atom is 0.246 e. The molecule has 9 rings (SSSR count). The van der Waals surface area contributed by atoms with Crippen LogP contribution in [0.5, 0.6) is 23.0 Å². The predicted octanol–water partition coefficient (Wildman–Crippen LogP) is 8.61. The molecular weight excluding hydrogens is 780 g/mol.